The second-order valence-corrected chi connectivity index (χ2v) is 7.31. The summed E-state index contributed by atoms with van der Waals surface area (Å²) in [5.74, 6) is 0. The van der Waals surface area contributed by atoms with Crippen molar-refractivity contribution in [3.63, 3.8) is 0 Å². The molecule has 0 N–H and O–H groups in total. The molecule has 1 aromatic carbocycles. The van der Waals surface area contributed by atoms with Crippen LogP contribution in [0.2, 0.25) is 0 Å². The normalized spacial score (nSPS) is 21.2. The zero-order chi connectivity index (χ0) is 14.6. The highest BCUT2D eigenvalue weighted by Crippen LogP contribution is 2.16. The maximum absolute atomic E-state index is 12.1. The summed E-state index contributed by atoms with van der Waals surface area (Å²) in [6.45, 7) is 1.34. The van der Waals surface area contributed by atoms with E-state index in [1.807, 2.05) is 18.2 Å². The van der Waals surface area contributed by atoms with Gasteiger partial charge in [0.25, 0.3) is 10.2 Å². The molecule has 0 aliphatic carbocycles. The molecule has 112 valence electrons. The van der Waals surface area contributed by atoms with Crippen LogP contribution in [0.5, 0.6) is 0 Å². The highest BCUT2D eigenvalue weighted by atomic mass is 32.2. The maximum atomic E-state index is 12.1. The van der Waals surface area contributed by atoms with E-state index in [9.17, 15) is 8.42 Å². The zero-order valence-electron chi connectivity index (χ0n) is 12.0. The molecule has 1 unspecified atom stereocenters. The third-order valence-corrected chi connectivity index (χ3v) is 5.39. The van der Waals surface area contributed by atoms with Gasteiger partial charge in [0, 0.05) is 27.2 Å². The van der Waals surface area contributed by atoms with E-state index in [2.05, 4.69) is 12.1 Å². The lowest BCUT2D eigenvalue weighted by Crippen LogP contribution is -2.49. The molecule has 0 saturated carbocycles. The first-order valence-corrected chi connectivity index (χ1v) is 8.23. The number of aryl methyl sites for hydroxylation is 1. The molecule has 0 amide bonds. The van der Waals surface area contributed by atoms with Gasteiger partial charge in [0.05, 0.1) is 12.7 Å². The summed E-state index contributed by atoms with van der Waals surface area (Å²) in [6.07, 6.45) is 1.71. The SMILES string of the molecule is CN(C)S(=O)(=O)N1CCOC(CCc2ccccc2)C1. The number of nitrogens with zero attached hydrogens (tertiary/aromatic N) is 2. The van der Waals surface area contributed by atoms with Crippen LogP contribution in [0.4, 0.5) is 0 Å². The Morgan fingerprint density at radius 1 is 1.30 bits per heavy atom. The zero-order valence-corrected chi connectivity index (χ0v) is 12.8. The van der Waals surface area contributed by atoms with Gasteiger partial charge < -0.3 is 4.74 Å². The fraction of sp³-hybridized carbons (Fsp3) is 0.571. The maximum Gasteiger partial charge on any atom is 0.281 e. The van der Waals surface area contributed by atoms with Gasteiger partial charge in [-0.05, 0) is 18.4 Å². The van der Waals surface area contributed by atoms with Crippen molar-refractivity contribution in [3.05, 3.63) is 35.9 Å². The number of morpholine rings is 1. The van der Waals surface area contributed by atoms with Crippen molar-refractivity contribution in [3.8, 4) is 0 Å². The third kappa shape index (κ3) is 3.79. The lowest BCUT2D eigenvalue weighted by molar-refractivity contribution is -0.00651. The Labute approximate surface area is 121 Å². The average Bonchev–Trinajstić information content (AvgIpc) is 2.46. The molecule has 0 aromatic heterocycles. The predicted molar refractivity (Wildman–Crippen MR) is 78.7 cm³/mol. The summed E-state index contributed by atoms with van der Waals surface area (Å²) in [7, 11) is -0.211. The standard InChI is InChI=1S/C14H22N2O3S/c1-15(2)20(17,18)16-10-11-19-14(12-16)9-8-13-6-4-3-5-7-13/h3-7,14H,8-12H2,1-2H3. The van der Waals surface area contributed by atoms with Gasteiger partial charge in [-0.15, -0.1) is 0 Å². The summed E-state index contributed by atoms with van der Waals surface area (Å²) in [5.41, 5.74) is 1.25. The van der Waals surface area contributed by atoms with Crippen LogP contribution >= 0.6 is 0 Å². The molecule has 2 rings (SSSR count). The van der Waals surface area contributed by atoms with Crippen LogP contribution in [-0.4, -0.2) is 56.9 Å². The molecule has 1 fully saturated rings. The van der Waals surface area contributed by atoms with Crippen molar-refractivity contribution in [1.29, 1.82) is 0 Å². The van der Waals surface area contributed by atoms with Crippen LogP contribution in [0.1, 0.15) is 12.0 Å². The Kier molecular flexibility index (Phi) is 5.15. The highest BCUT2D eigenvalue weighted by Gasteiger charge is 2.30. The lowest BCUT2D eigenvalue weighted by Gasteiger charge is -2.33. The fourth-order valence-corrected chi connectivity index (χ4v) is 3.40. The van der Waals surface area contributed by atoms with Crippen molar-refractivity contribution in [2.75, 3.05) is 33.8 Å². The molecule has 1 aliphatic heterocycles. The fourth-order valence-electron chi connectivity index (χ4n) is 2.28. The summed E-state index contributed by atoms with van der Waals surface area (Å²) in [6, 6.07) is 10.2. The van der Waals surface area contributed by atoms with Crippen molar-refractivity contribution in [2.45, 2.75) is 18.9 Å². The van der Waals surface area contributed by atoms with Gasteiger partial charge in [-0.1, -0.05) is 30.3 Å². The van der Waals surface area contributed by atoms with Crippen LogP contribution in [0.3, 0.4) is 0 Å². The molecule has 0 bridgehead atoms. The van der Waals surface area contributed by atoms with E-state index in [1.54, 1.807) is 14.1 Å². The van der Waals surface area contributed by atoms with Gasteiger partial charge >= 0.3 is 0 Å². The number of ether oxygens (including phenoxy) is 1. The van der Waals surface area contributed by atoms with E-state index >= 15 is 0 Å². The van der Waals surface area contributed by atoms with E-state index < -0.39 is 10.2 Å². The Morgan fingerprint density at radius 3 is 2.65 bits per heavy atom. The van der Waals surface area contributed by atoms with E-state index in [0.717, 1.165) is 12.8 Å². The Hall–Kier alpha value is -0.950. The van der Waals surface area contributed by atoms with Gasteiger partial charge in [-0.3, -0.25) is 0 Å². The molecule has 5 nitrogen and oxygen atoms in total. The summed E-state index contributed by atoms with van der Waals surface area (Å²) < 4.78 is 32.6. The first kappa shape index (κ1) is 15.4. The third-order valence-electron chi connectivity index (χ3n) is 3.49. The number of hydrogen-bond acceptors (Lipinski definition) is 3. The molecule has 0 spiro atoms. The Morgan fingerprint density at radius 2 is 2.00 bits per heavy atom. The van der Waals surface area contributed by atoms with Crippen molar-refractivity contribution < 1.29 is 13.2 Å². The number of benzene rings is 1. The number of hydrogen-bond donors (Lipinski definition) is 0. The molecule has 1 saturated heterocycles. The molecular formula is C14H22N2O3S. The van der Waals surface area contributed by atoms with Crippen LogP contribution < -0.4 is 0 Å². The minimum atomic E-state index is -3.33. The predicted octanol–water partition coefficient (Wildman–Crippen LogP) is 1.13. The van der Waals surface area contributed by atoms with Gasteiger partial charge in [0.2, 0.25) is 0 Å². The first-order valence-electron chi connectivity index (χ1n) is 6.83. The van der Waals surface area contributed by atoms with Crippen LogP contribution in [-0.2, 0) is 21.4 Å². The van der Waals surface area contributed by atoms with Gasteiger partial charge in [-0.25, -0.2) is 0 Å². The van der Waals surface area contributed by atoms with Gasteiger partial charge in [-0.2, -0.15) is 17.0 Å². The van der Waals surface area contributed by atoms with E-state index in [1.165, 1.54) is 14.2 Å². The lowest BCUT2D eigenvalue weighted by atomic mass is 10.1. The summed E-state index contributed by atoms with van der Waals surface area (Å²) >= 11 is 0. The minimum Gasteiger partial charge on any atom is -0.375 e. The number of rotatable bonds is 5. The van der Waals surface area contributed by atoms with Crippen molar-refractivity contribution >= 4 is 10.2 Å². The van der Waals surface area contributed by atoms with E-state index in [0.29, 0.717) is 19.7 Å². The molecule has 1 aliphatic rings. The topological polar surface area (TPSA) is 49.9 Å². The van der Waals surface area contributed by atoms with Crippen molar-refractivity contribution in [2.24, 2.45) is 0 Å². The van der Waals surface area contributed by atoms with Crippen LogP contribution in [0.25, 0.3) is 0 Å². The van der Waals surface area contributed by atoms with Gasteiger partial charge in [0.15, 0.2) is 0 Å². The molecule has 6 heteroatoms. The second-order valence-electron chi connectivity index (χ2n) is 5.17. The molecular weight excluding hydrogens is 276 g/mol. The molecule has 0 radical (unpaired) electrons. The molecule has 20 heavy (non-hydrogen) atoms. The molecule has 1 aromatic rings. The first-order chi connectivity index (χ1) is 9.50. The monoisotopic (exact) mass is 298 g/mol. The quantitative estimate of drug-likeness (QED) is 0.819. The Bertz CT molecular complexity index is 516. The smallest absolute Gasteiger partial charge is 0.281 e. The van der Waals surface area contributed by atoms with E-state index in [4.69, 9.17) is 4.74 Å². The Balaban J connectivity index is 1.91. The largest absolute Gasteiger partial charge is 0.375 e. The summed E-state index contributed by atoms with van der Waals surface area (Å²) in [4.78, 5) is 0. The second kappa shape index (κ2) is 6.67. The highest BCUT2D eigenvalue weighted by molar-refractivity contribution is 7.86. The molecule has 1 atom stereocenters. The molecule has 1 heterocycles. The van der Waals surface area contributed by atoms with Gasteiger partial charge in [0.1, 0.15) is 0 Å². The van der Waals surface area contributed by atoms with E-state index in [-0.39, 0.29) is 6.10 Å². The summed E-state index contributed by atoms with van der Waals surface area (Å²) in [5, 5.41) is 0. The average molecular weight is 298 g/mol. The van der Waals surface area contributed by atoms with Crippen LogP contribution in [0.15, 0.2) is 30.3 Å². The minimum absolute atomic E-state index is 0.0290. The van der Waals surface area contributed by atoms with Crippen LogP contribution in [0, 0.1) is 0 Å². The van der Waals surface area contributed by atoms with Crippen molar-refractivity contribution in [1.82, 2.24) is 8.61 Å².